The van der Waals surface area contributed by atoms with Crippen LogP contribution in [0.5, 0.6) is 0 Å². The summed E-state index contributed by atoms with van der Waals surface area (Å²) in [4.78, 5) is 24.8. The number of rotatable bonds is 5. The number of anilines is 5. The summed E-state index contributed by atoms with van der Waals surface area (Å²) in [6, 6.07) is 13.7. The Kier molecular flexibility index (Phi) is 4.37. The van der Waals surface area contributed by atoms with Crippen LogP contribution in [-0.2, 0) is 9.59 Å². The van der Waals surface area contributed by atoms with Crippen LogP contribution < -0.4 is 15.5 Å². The van der Waals surface area contributed by atoms with Crippen molar-refractivity contribution in [1.29, 1.82) is 0 Å². The van der Waals surface area contributed by atoms with Gasteiger partial charge in [0.25, 0.3) is 0 Å². The normalized spacial score (nSPS) is 12.0. The van der Waals surface area contributed by atoms with Gasteiger partial charge in [0.2, 0.25) is 5.91 Å². The minimum Gasteiger partial charge on any atom is -0.481 e. The van der Waals surface area contributed by atoms with Gasteiger partial charge in [0.1, 0.15) is 0 Å². The number of carbonyl (C=O) groups excluding carboxylic acids is 1. The number of carbonyl (C=O) groups is 2. The third kappa shape index (κ3) is 3.03. The first-order valence-electron chi connectivity index (χ1n) is 7.88. The van der Waals surface area contributed by atoms with Gasteiger partial charge >= 0.3 is 5.97 Å². The van der Waals surface area contributed by atoms with Gasteiger partial charge in [-0.2, -0.15) is 0 Å². The zero-order valence-corrected chi connectivity index (χ0v) is 13.4. The van der Waals surface area contributed by atoms with Crippen molar-refractivity contribution in [3.8, 4) is 0 Å². The van der Waals surface area contributed by atoms with Crippen molar-refractivity contribution in [2.75, 3.05) is 22.1 Å². The molecule has 124 valence electrons. The molecule has 2 aromatic carbocycles. The van der Waals surface area contributed by atoms with Crippen molar-refractivity contribution in [2.45, 2.75) is 19.8 Å². The summed E-state index contributed by atoms with van der Waals surface area (Å²) in [5, 5.41) is 14.9. The second-order valence-electron chi connectivity index (χ2n) is 5.53. The van der Waals surface area contributed by atoms with Crippen molar-refractivity contribution >= 4 is 40.3 Å². The Morgan fingerprint density at radius 2 is 1.83 bits per heavy atom. The lowest BCUT2D eigenvalue weighted by Crippen LogP contribution is -2.23. The highest BCUT2D eigenvalue weighted by Crippen LogP contribution is 2.46. The summed E-state index contributed by atoms with van der Waals surface area (Å²) >= 11 is 0. The monoisotopic (exact) mass is 325 g/mol. The summed E-state index contributed by atoms with van der Waals surface area (Å²) in [5.41, 5.74) is 4.51. The molecule has 6 nitrogen and oxygen atoms in total. The van der Waals surface area contributed by atoms with Crippen LogP contribution in [0.3, 0.4) is 0 Å². The van der Waals surface area contributed by atoms with E-state index in [2.05, 4.69) is 22.5 Å². The maximum atomic E-state index is 12.0. The van der Waals surface area contributed by atoms with Gasteiger partial charge < -0.3 is 20.6 Å². The molecule has 0 aromatic heterocycles. The average Bonchev–Trinajstić information content (AvgIpc) is 2.58. The number of aliphatic carboxylic acids is 1. The fraction of sp³-hybridized carbons (Fsp3) is 0.222. The van der Waals surface area contributed by atoms with Gasteiger partial charge in [0.05, 0.1) is 34.9 Å². The molecule has 24 heavy (non-hydrogen) atoms. The first kappa shape index (κ1) is 15.9. The first-order chi connectivity index (χ1) is 11.6. The molecular weight excluding hydrogens is 306 g/mol. The number of para-hydroxylation sites is 3. The molecule has 0 saturated carbocycles. The fourth-order valence-electron chi connectivity index (χ4n) is 2.85. The zero-order chi connectivity index (χ0) is 17.1. The Labute approximate surface area is 140 Å². The molecule has 0 saturated heterocycles. The number of carboxylic acids is 1. The second kappa shape index (κ2) is 6.62. The van der Waals surface area contributed by atoms with E-state index in [1.54, 1.807) is 0 Å². The topological polar surface area (TPSA) is 81.7 Å². The highest BCUT2D eigenvalue weighted by Gasteiger charge is 2.23. The van der Waals surface area contributed by atoms with Crippen LogP contribution in [0.25, 0.3) is 0 Å². The molecule has 0 spiro atoms. The van der Waals surface area contributed by atoms with Gasteiger partial charge in [0.15, 0.2) is 0 Å². The van der Waals surface area contributed by atoms with E-state index < -0.39 is 5.97 Å². The molecule has 0 radical (unpaired) electrons. The molecule has 0 atom stereocenters. The van der Waals surface area contributed by atoms with Gasteiger partial charge in [-0.1, -0.05) is 18.2 Å². The van der Waals surface area contributed by atoms with Crippen LogP contribution in [0.1, 0.15) is 19.8 Å². The third-order valence-electron chi connectivity index (χ3n) is 3.94. The van der Waals surface area contributed by atoms with E-state index in [1.807, 2.05) is 42.5 Å². The molecule has 0 aliphatic carbocycles. The van der Waals surface area contributed by atoms with Gasteiger partial charge in [-0.05, 0) is 31.2 Å². The molecule has 3 N–H and O–H groups in total. The van der Waals surface area contributed by atoms with Crippen LogP contribution in [0.15, 0.2) is 42.5 Å². The average molecular weight is 325 g/mol. The largest absolute Gasteiger partial charge is 0.481 e. The van der Waals surface area contributed by atoms with E-state index in [1.165, 1.54) is 0 Å². The van der Waals surface area contributed by atoms with Crippen LogP contribution in [0, 0.1) is 0 Å². The van der Waals surface area contributed by atoms with Crippen LogP contribution in [0.2, 0.25) is 0 Å². The van der Waals surface area contributed by atoms with Gasteiger partial charge in [0, 0.05) is 13.0 Å². The van der Waals surface area contributed by atoms with Gasteiger partial charge in [-0.3, -0.25) is 9.59 Å². The molecule has 1 heterocycles. The number of benzene rings is 2. The van der Waals surface area contributed by atoms with Crippen LogP contribution in [-0.4, -0.2) is 23.5 Å². The molecule has 2 aromatic rings. The number of hydrogen-bond donors (Lipinski definition) is 3. The summed E-state index contributed by atoms with van der Waals surface area (Å²) in [6.07, 6.45) is -0.231. The lowest BCUT2D eigenvalue weighted by Gasteiger charge is -2.34. The van der Waals surface area contributed by atoms with Gasteiger partial charge in [-0.25, -0.2) is 0 Å². The Morgan fingerprint density at radius 3 is 2.58 bits per heavy atom. The van der Waals surface area contributed by atoms with E-state index in [9.17, 15) is 9.59 Å². The SMILES string of the molecule is CCN1c2ccccc2Nc2c(NC(=O)CCC(=O)O)cccc21. The lowest BCUT2D eigenvalue weighted by atomic mass is 10.1. The Balaban J connectivity index is 1.91. The van der Waals surface area contributed by atoms with E-state index in [-0.39, 0.29) is 18.7 Å². The molecule has 0 unspecified atom stereocenters. The van der Waals surface area contributed by atoms with Crippen molar-refractivity contribution in [2.24, 2.45) is 0 Å². The fourth-order valence-corrected chi connectivity index (χ4v) is 2.85. The predicted molar refractivity (Wildman–Crippen MR) is 94.3 cm³/mol. The molecule has 1 aliphatic rings. The van der Waals surface area contributed by atoms with E-state index in [0.717, 1.165) is 29.3 Å². The van der Waals surface area contributed by atoms with E-state index in [4.69, 9.17) is 5.11 Å². The summed E-state index contributed by atoms with van der Waals surface area (Å²) in [7, 11) is 0. The summed E-state index contributed by atoms with van der Waals surface area (Å²) < 4.78 is 0. The van der Waals surface area contributed by atoms with Crippen LogP contribution >= 0.6 is 0 Å². The molecule has 0 fully saturated rings. The smallest absolute Gasteiger partial charge is 0.303 e. The third-order valence-corrected chi connectivity index (χ3v) is 3.94. The number of amides is 1. The minimum atomic E-state index is -0.982. The summed E-state index contributed by atoms with van der Waals surface area (Å²) in [6.45, 7) is 2.87. The molecule has 1 amide bonds. The van der Waals surface area contributed by atoms with Crippen molar-refractivity contribution < 1.29 is 14.7 Å². The maximum absolute atomic E-state index is 12.0. The van der Waals surface area contributed by atoms with Crippen LogP contribution in [0.4, 0.5) is 28.4 Å². The highest BCUT2D eigenvalue weighted by atomic mass is 16.4. The maximum Gasteiger partial charge on any atom is 0.303 e. The van der Waals surface area contributed by atoms with Crippen molar-refractivity contribution in [3.63, 3.8) is 0 Å². The van der Waals surface area contributed by atoms with Crippen molar-refractivity contribution in [3.05, 3.63) is 42.5 Å². The zero-order valence-electron chi connectivity index (χ0n) is 13.4. The minimum absolute atomic E-state index is 0.0485. The Morgan fingerprint density at radius 1 is 1.08 bits per heavy atom. The second-order valence-corrected chi connectivity index (χ2v) is 5.53. The number of fused-ring (bicyclic) bond motifs is 2. The molecule has 0 bridgehead atoms. The molecular formula is C18H19N3O3. The first-order valence-corrected chi connectivity index (χ1v) is 7.88. The quantitative estimate of drug-likeness (QED) is 0.781. The van der Waals surface area contributed by atoms with Gasteiger partial charge in [-0.15, -0.1) is 0 Å². The summed E-state index contributed by atoms with van der Waals surface area (Å²) in [5.74, 6) is -1.29. The number of nitrogens with one attached hydrogen (secondary N) is 2. The molecule has 6 heteroatoms. The molecule has 1 aliphatic heterocycles. The number of nitrogens with zero attached hydrogens (tertiary/aromatic N) is 1. The standard InChI is InChI=1S/C18H19N3O3/c1-2-21-14-8-4-3-6-12(14)20-18-13(7-5-9-15(18)21)19-16(22)10-11-17(23)24/h3-9,20H,2,10-11H2,1H3,(H,19,22)(H,23,24). The highest BCUT2D eigenvalue weighted by molar-refractivity contribution is 6.02. The van der Waals surface area contributed by atoms with Crippen molar-refractivity contribution in [1.82, 2.24) is 0 Å². The van der Waals surface area contributed by atoms with E-state index >= 15 is 0 Å². The lowest BCUT2D eigenvalue weighted by molar-refractivity contribution is -0.138. The number of hydrogen-bond acceptors (Lipinski definition) is 4. The molecule has 3 rings (SSSR count). The predicted octanol–water partition coefficient (Wildman–Crippen LogP) is 3.70. The Bertz CT molecular complexity index is 789. The number of carboxylic acid groups (broad SMARTS) is 1. The van der Waals surface area contributed by atoms with E-state index in [0.29, 0.717) is 5.69 Å². The Hall–Kier alpha value is -3.02.